The van der Waals surface area contributed by atoms with Crippen LogP contribution in [-0.4, -0.2) is 28.4 Å². The predicted molar refractivity (Wildman–Crippen MR) is 95.3 cm³/mol. The fraction of sp³-hybridized carbons (Fsp3) is 0.105. The van der Waals surface area contributed by atoms with Crippen LogP contribution in [0.3, 0.4) is 0 Å². The third kappa shape index (κ3) is 3.74. The summed E-state index contributed by atoms with van der Waals surface area (Å²) in [7, 11) is 0. The lowest BCUT2D eigenvalue weighted by Gasteiger charge is -2.09. The van der Waals surface area contributed by atoms with Crippen molar-refractivity contribution in [1.29, 1.82) is 0 Å². The highest BCUT2D eigenvalue weighted by atomic mass is 16.7. The molecule has 0 saturated carbocycles. The van der Waals surface area contributed by atoms with Crippen LogP contribution in [0.2, 0.25) is 0 Å². The first kappa shape index (κ1) is 16.6. The van der Waals surface area contributed by atoms with E-state index in [-0.39, 0.29) is 6.79 Å². The number of amides is 2. The molecule has 8 heteroatoms. The van der Waals surface area contributed by atoms with Crippen molar-refractivity contribution in [1.82, 2.24) is 20.6 Å². The number of nitrogens with zero attached hydrogens (tertiary/aromatic N) is 2. The lowest BCUT2D eigenvalue weighted by molar-refractivity contribution is 0.0846. The molecule has 1 aliphatic heterocycles. The maximum atomic E-state index is 12.2. The van der Waals surface area contributed by atoms with Gasteiger partial charge in [0.1, 0.15) is 0 Å². The second-order valence-corrected chi connectivity index (χ2v) is 5.88. The van der Waals surface area contributed by atoms with Crippen LogP contribution in [0.25, 0.3) is 0 Å². The Labute approximate surface area is 154 Å². The number of nitrogens with one attached hydrogen (secondary N) is 2. The van der Waals surface area contributed by atoms with Crippen molar-refractivity contribution < 1.29 is 19.1 Å². The zero-order valence-corrected chi connectivity index (χ0v) is 14.2. The molecule has 0 bridgehead atoms. The summed E-state index contributed by atoms with van der Waals surface area (Å²) in [5, 5.41) is 4.14. The van der Waals surface area contributed by atoms with Crippen LogP contribution in [0, 0.1) is 0 Å². The zero-order valence-electron chi connectivity index (χ0n) is 14.2. The molecule has 2 N–H and O–H groups in total. The number of hydrogen-bond acceptors (Lipinski definition) is 5. The maximum Gasteiger partial charge on any atom is 0.269 e. The van der Waals surface area contributed by atoms with Gasteiger partial charge in [0.05, 0.1) is 6.54 Å². The average molecular weight is 364 g/mol. The van der Waals surface area contributed by atoms with Crippen LogP contribution in [0.5, 0.6) is 11.5 Å². The number of aromatic nitrogens is 2. The number of benzene rings is 2. The Bertz CT molecular complexity index is 968. The van der Waals surface area contributed by atoms with Gasteiger partial charge in [0.25, 0.3) is 11.8 Å². The number of hydrogen-bond donors (Lipinski definition) is 2. The van der Waals surface area contributed by atoms with Gasteiger partial charge in [-0.3, -0.25) is 25.1 Å². The summed E-state index contributed by atoms with van der Waals surface area (Å²) >= 11 is 0. The predicted octanol–water partition coefficient (Wildman–Crippen LogP) is 1.73. The number of ether oxygens (including phenoxy) is 2. The van der Waals surface area contributed by atoms with Gasteiger partial charge in [0, 0.05) is 23.5 Å². The fourth-order valence-corrected chi connectivity index (χ4v) is 2.64. The number of fused-ring (bicyclic) bond motifs is 1. The summed E-state index contributed by atoms with van der Waals surface area (Å²) in [6.45, 7) is 0.753. The normalized spacial score (nSPS) is 11.9. The highest BCUT2D eigenvalue weighted by Gasteiger charge is 2.16. The molecule has 0 unspecified atom stereocenters. The Hall–Kier alpha value is -3.81. The van der Waals surface area contributed by atoms with E-state index in [1.54, 1.807) is 41.2 Å². The van der Waals surface area contributed by atoms with Crippen LogP contribution < -0.4 is 20.3 Å². The van der Waals surface area contributed by atoms with Crippen LogP contribution in [-0.2, 0) is 6.54 Å². The molecule has 1 aromatic heterocycles. The molecule has 1 aliphatic rings. The molecule has 0 spiro atoms. The van der Waals surface area contributed by atoms with E-state index in [1.165, 1.54) is 0 Å². The van der Waals surface area contributed by atoms with E-state index in [1.807, 2.05) is 24.4 Å². The lowest BCUT2D eigenvalue weighted by Crippen LogP contribution is -2.41. The van der Waals surface area contributed by atoms with Gasteiger partial charge >= 0.3 is 0 Å². The average Bonchev–Trinajstić information content (AvgIpc) is 3.37. The van der Waals surface area contributed by atoms with Crippen LogP contribution in [0.1, 0.15) is 26.3 Å². The molecule has 0 radical (unpaired) electrons. The first-order valence-electron chi connectivity index (χ1n) is 8.26. The Morgan fingerprint density at radius 1 is 0.963 bits per heavy atom. The maximum absolute atomic E-state index is 12.2. The molecule has 4 rings (SSSR count). The first-order valence-corrected chi connectivity index (χ1v) is 8.26. The molecule has 27 heavy (non-hydrogen) atoms. The second-order valence-electron chi connectivity index (χ2n) is 5.88. The van der Waals surface area contributed by atoms with Crippen LogP contribution in [0.4, 0.5) is 0 Å². The van der Waals surface area contributed by atoms with Gasteiger partial charge < -0.3 is 9.47 Å². The largest absolute Gasteiger partial charge is 0.454 e. The summed E-state index contributed by atoms with van der Waals surface area (Å²) in [5.74, 6) is 0.235. The topological polar surface area (TPSA) is 94.5 Å². The molecule has 136 valence electrons. The third-order valence-electron chi connectivity index (χ3n) is 4.04. The molecule has 2 aromatic carbocycles. The van der Waals surface area contributed by atoms with Crippen molar-refractivity contribution in [3.8, 4) is 11.5 Å². The monoisotopic (exact) mass is 364 g/mol. The Morgan fingerprint density at radius 2 is 1.67 bits per heavy atom. The van der Waals surface area contributed by atoms with Gasteiger partial charge in [-0.25, -0.2) is 0 Å². The third-order valence-corrected chi connectivity index (χ3v) is 4.04. The highest BCUT2D eigenvalue weighted by Crippen LogP contribution is 2.32. The molecule has 3 aromatic rings. The van der Waals surface area contributed by atoms with Crippen LogP contribution in [0.15, 0.2) is 60.9 Å². The molecular formula is C19H16N4O4. The Kier molecular flexibility index (Phi) is 4.44. The molecule has 2 heterocycles. The molecule has 8 nitrogen and oxygen atoms in total. The second kappa shape index (κ2) is 7.20. The Morgan fingerprint density at radius 3 is 2.41 bits per heavy atom. The number of hydrazine groups is 1. The summed E-state index contributed by atoms with van der Waals surface area (Å²) in [5.41, 5.74) is 6.60. The van der Waals surface area contributed by atoms with Crippen molar-refractivity contribution in [2.75, 3.05) is 6.79 Å². The van der Waals surface area contributed by atoms with Gasteiger partial charge in [-0.2, -0.15) is 5.10 Å². The highest BCUT2D eigenvalue weighted by molar-refractivity contribution is 5.99. The van der Waals surface area contributed by atoms with Gasteiger partial charge in [-0.15, -0.1) is 0 Å². The number of carbonyl (C=O) groups excluding carboxylic acids is 2. The zero-order chi connectivity index (χ0) is 18.6. The number of carbonyl (C=O) groups is 2. The summed E-state index contributed by atoms with van der Waals surface area (Å²) in [6, 6.07) is 13.7. The van der Waals surface area contributed by atoms with E-state index in [9.17, 15) is 9.59 Å². The minimum Gasteiger partial charge on any atom is -0.454 e. The summed E-state index contributed by atoms with van der Waals surface area (Å²) in [4.78, 5) is 24.4. The Balaban J connectivity index is 1.34. The van der Waals surface area contributed by atoms with Crippen molar-refractivity contribution in [3.05, 3.63) is 77.6 Å². The van der Waals surface area contributed by atoms with Crippen molar-refractivity contribution in [2.24, 2.45) is 0 Å². The number of rotatable bonds is 4. The van der Waals surface area contributed by atoms with Crippen molar-refractivity contribution in [3.63, 3.8) is 0 Å². The van der Waals surface area contributed by atoms with Gasteiger partial charge in [-0.05, 0) is 42.0 Å². The molecule has 0 atom stereocenters. The van der Waals surface area contributed by atoms with E-state index in [4.69, 9.17) is 9.47 Å². The van der Waals surface area contributed by atoms with Crippen molar-refractivity contribution in [2.45, 2.75) is 6.54 Å². The molecule has 0 saturated heterocycles. The van der Waals surface area contributed by atoms with Crippen LogP contribution >= 0.6 is 0 Å². The smallest absolute Gasteiger partial charge is 0.269 e. The lowest BCUT2D eigenvalue weighted by atomic mass is 10.1. The van der Waals surface area contributed by atoms with E-state index < -0.39 is 11.8 Å². The van der Waals surface area contributed by atoms with Gasteiger partial charge in [0.2, 0.25) is 6.79 Å². The minimum absolute atomic E-state index is 0.132. The molecule has 0 aliphatic carbocycles. The molecule has 0 fully saturated rings. The quantitative estimate of drug-likeness (QED) is 0.688. The standard InChI is InChI=1S/C19H16N4O4/c24-18(14-4-2-13(3-5-14)11-23-9-1-8-20-23)21-22-19(25)15-6-7-16-17(10-15)27-12-26-16/h1-10H,11-12H2,(H,21,24)(H,22,25). The van der Waals surface area contributed by atoms with E-state index in [2.05, 4.69) is 16.0 Å². The summed E-state index contributed by atoms with van der Waals surface area (Å²) in [6.07, 6.45) is 3.58. The SMILES string of the molecule is O=C(NNC(=O)c1ccc2c(c1)OCO2)c1ccc(Cn2cccn2)cc1. The summed E-state index contributed by atoms with van der Waals surface area (Å²) < 4.78 is 12.2. The fourth-order valence-electron chi connectivity index (χ4n) is 2.64. The van der Waals surface area contributed by atoms with E-state index in [0.717, 1.165) is 5.56 Å². The first-order chi connectivity index (χ1) is 13.2. The van der Waals surface area contributed by atoms with Gasteiger partial charge in [-0.1, -0.05) is 12.1 Å². The van der Waals surface area contributed by atoms with Crippen molar-refractivity contribution >= 4 is 11.8 Å². The van der Waals surface area contributed by atoms with Gasteiger partial charge in [0.15, 0.2) is 11.5 Å². The molecule has 2 amide bonds. The van der Waals surface area contributed by atoms with E-state index in [0.29, 0.717) is 29.2 Å². The minimum atomic E-state index is -0.447. The van der Waals surface area contributed by atoms with E-state index >= 15 is 0 Å². The molecular weight excluding hydrogens is 348 g/mol.